The summed E-state index contributed by atoms with van der Waals surface area (Å²) in [6.07, 6.45) is 0. The summed E-state index contributed by atoms with van der Waals surface area (Å²) in [5, 5.41) is 5.42. The lowest BCUT2D eigenvalue weighted by Crippen LogP contribution is -2.69. The van der Waals surface area contributed by atoms with E-state index in [9.17, 15) is 24.0 Å². The van der Waals surface area contributed by atoms with E-state index in [2.05, 4.69) is 33.2 Å². The van der Waals surface area contributed by atoms with Gasteiger partial charge in [0.2, 0.25) is 11.8 Å². The quantitative estimate of drug-likeness (QED) is 0.201. The standard InChI is InChI=1S/C12H16N2O4S.C10H13IN2O2S/c1-6-9(4-18-8(3)16)5-19-12-10(13-7(2)15)11(17)14(6)12;1-5-7(3-11)4-16-10-8(12-6(2)14)9(15)13(5)10/h10,12H,4-5H2,1-3H3,(H,13,15);8,10H,3-4H2,1-2H3,(H,12,14). The fourth-order valence-electron chi connectivity index (χ4n) is 4.08. The highest BCUT2D eigenvalue weighted by molar-refractivity contribution is 14.1. The van der Waals surface area contributed by atoms with E-state index in [0.29, 0.717) is 5.75 Å². The number of alkyl halides is 1. The number of carbonyl (C=O) groups is 5. The molecule has 0 aromatic rings. The molecular weight excluding hydrogens is 607 g/mol. The fraction of sp³-hybridized carbons (Fsp3) is 0.591. The molecule has 192 valence electrons. The second-order valence-electron chi connectivity index (χ2n) is 8.47. The topological polar surface area (TPSA) is 125 Å². The van der Waals surface area contributed by atoms with E-state index in [1.807, 2.05) is 18.7 Å². The van der Waals surface area contributed by atoms with Gasteiger partial charge >= 0.3 is 5.97 Å². The van der Waals surface area contributed by atoms with Crippen molar-refractivity contribution in [2.45, 2.75) is 57.5 Å². The molecule has 4 rings (SSSR count). The van der Waals surface area contributed by atoms with Gasteiger partial charge in [0, 0.05) is 48.1 Å². The van der Waals surface area contributed by atoms with Crippen LogP contribution in [0, 0.1) is 0 Å². The molecule has 0 spiro atoms. The van der Waals surface area contributed by atoms with Crippen molar-refractivity contribution in [1.82, 2.24) is 20.4 Å². The van der Waals surface area contributed by atoms with Crippen LogP contribution in [0.5, 0.6) is 0 Å². The van der Waals surface area contributed by atoms with Gasteiger partial charge < -0.3 is 15.4 Å². The number of nitrogens with one attached hydrogen (secondary N) is 2. The number of amides is 4. The number of ether oxygens (including phenoxy) is 1. The molecule has 13 heteroatoms. The molecule has 4 heterocycles. The van der Waals surface area contributed by atoms with E-state index in [1.165, 1.54) is 26.3 Å². The third-order valence-electron chi connectivity index (χ3n) is 6.02. The van der Waals surface area contributed by atoms with Crippen molar-refractivity contribution in [3.8, 4) is 0 Å². The number of halogens is 1. The predicted molar refractivity (Wildman–Crippen MR) is 142 cm³/mol. The molecular formula is C22H29IN4O6S2. The Hall–Kier alpha value is -1.74. The normalized spacial score (nSPS) is 27.0. The van der Waals surface area contributed by atoms with E-state index >= 15 is 0 Å². The second-order valence-corrected chi connectivity index (χ2v) is 11.4. The minimum atomic E-state index is -0.437. The zero-order valence-corrected chi connectivity index (χ0v) is 24.0. The van der Waals surface area contributed by atoms with E-state index in [-0.39, 0.29) is 53.0 Å². The predicted octanol–water partition coefficient (Wildman–Crippen LogP) is 1.36. The first-order valence-corrected chi connectivity index (χ1v) is 14.6. The molecule has 0 aromatic carbocycles. The lowest BCUT2D eigenvalue weighted by Gasteiger charge is -2.50. The second kappa shape index (κ2) is 11.5. The Morgan fingerprint density at radius 1 is 0.886 bits per heavy atom. The summed E-state index contributed by atoms with van der Waals surface area (Å²) in [5.41, 5.74) is 4.16. The Bertz CT molecular complexity index is 1020. The zero-order valence-electron chi connectivity index (χ0n) is 20.2. The number of allylic oxidation sites excluding steroid dienone is 2. The minimum absolute atomic E-state index is 0.0206. The molecule has 4 aliphatic heterocycles. The monoisotopic (exact) mass is 636 g/mol. The van der Waals surface area contributed by atoms with Gasteiger partial charge in [-0.05, 0) is 25.0 Å². The average Bonchev–Trinajstić information content (AvgIpc) is 2.79. The summed E-state index contributed by atoms with van der Waals surface area (Å²) < 4.78 is 5.92. The van der Waals surface area contributed by atoms with Gasteiger partial charge in [0.25, 0.3) is 11.8 Å². The van der Waals surface area contributed by atoms with Crippen LogP contribution in [0.3, 0.4) is 0 Å². The maximum absolute atomic E-state index is 12.0. The van der Waals surface area contributed by atoms with Crippen LogP contribution in [-0.4, -0.2) is 84.8 Å². The van der Waals surface area contributed by atoms with Crippen molar-refractivity contribution in [3.63, 3.8) is 0 Å². The number of fused-ring (bicyclic) bond motifs is 2. The summed E-state index contributed by atoms with van der Waals surface area (Å²) >= 11 is 5.62. The van der Waals surface area contributed by atoms with Gasteiger partial charge in [-0.1, -0.05) is 22.6 Å². The van der Waals surface area contributed by atoms with Crippen molar-refractivity contribution < 1.29 is 28.7 Å². The summed E-state index contributed by atoms with van der Waals surface area (Å²) in [6, 6.07) is -0.763. The van der Waals surface area contributed by atoms with Gasteiger partial charge in [-0.3, -0.25) is 33.8 Å². The highest BCUT2D eigenvalue weighted by Gasteiger charge is 2.52. The van der Waals surface area contributed by atoms with Crippen molar-refractivity contribution in [2.24, 2.45) is 0 Å². The minimum Gasteiger partial charge on any atom is -0.461 e. The van der Waals surface area contributed by atoms with Gasteiger partial charge in [-0.2, -0.15) is 0 Å². The first kappa shape index (κ1) is 27.8. The SMILES string of the molecule is CC(=O)NC1C(=O)N2C(C)=C(CI)CSC12.CC(=O)NC1C(=O)N2C(C)=C(COC(C)=O)CSC12. The van der Waals surface area contributed by atoms with Gasteiger partial charge in [-0.15, -0.1) is 23.5 Å². The third kappa shape index (κ3) is 5.82. The first-order valence-electron chi connectivity index (χ1n) is 11.0. The highest BCUT2D eigenvalue weighted by atomic mass is 127. The largest absolute Gasteiger partial charge is 0.461 e. The molecule has 4 aliphatic rings. The average molecular weight is 637 g/mol. The molecule has 35 heavy (non-hydrogen) atoms. The maximum atomic E-state index is 12.0. The fourth-order valence-corrected chi connectivity index (χ4v) is 8.19. The molecule has 4 unspecified atom stereocenters. The molecule has 2 saturated heterocycles. The smallest absolute Gasteiger partial charge is 0.302 e. The van der Waals surface area contributed by atoms with Gasteiger partial charge in [-0.25, -0.2) is 0 Å². The van der Waals surface area contributed by atoms with Crippen LogP contribution >= 0.6 is 46.1 Å². The summed E-state index contributed by atoms with van der Waals surface area (Å²) in [6.45, 7) is 8.25. The van der Waals surface area contributed by atoms with Crippen molar-refractivity contribution in [1.29, 1.82) is 0 Å². The number of rotatable bonds is 5. The van der Waals surface area contributed by atoms with Gasteiger partial charge in [0.05, 0.1) is 0 Å². The third-order valence-corrected chi connectivity index (χ3v) is 9.62. The molecule has 0 aromatic heterocycles. The maximum Gasteiger partial charge on any atom is 0.302 e. The first-order chi connectivity index (χ1) is 16.5. The summed E-state index contributed by atoms with van der Waals surface area (Å²) in [5.74, 6) is 0.894. The van der Waals surface area contributed by atoms with Gasteiger partial charge in [0.15, 0.2) is 0 Å². The Morgan fingerprint density at radius 2 is 1.31 bits per heavy atom. The number of β-lactam (4-membered cyclic amide) rings is 2. The number of hydrogen-bond donors (Lipinski definition) is 2. The number of carbonyl (C=O) groups excluding carboxylic acids is 5. The Labute approximate surface area is 226 Å². The molecule has 0 bridgehead atoms. The van der Waals surface area contributed by atoms with Crippen molar-refractivity contribution >= 4 is 75.7 Å². The van der Waals surface area contributed by atoms with Crippen LogP contribution in [0.4, 0.5) is 0 Å². The van der Waals surface area contributed by atoms with Crippen LogP contribution in [0.25, 0.3) is 0 Å². The number of nitrogens with zero attached hydrogens (tertiary/aromatic N) is 2. The lowest BCUT2D eigenvalue weighted by atomic mass is 10.0. The summed E-state index contributed by atoms with van der Waals surface area (Å²) in [4.78, 5) is 60.1. The van der Waals surface area contributed by atoms with Crippen LogP contribution in [0.1, 0.15) is 34.6 Å². The van der Waals surface area contributed by atoms with E-state index < -0.39 is 6.04 Å². The van der Waals surface area contributed by atoms with Gasteiger partial charge in [0.1, 0.15) is 29.4 Å². The molecule has 10 nitrogen and oxygen atoms in total. The van der Waals surface area contributed by atoms with E-state index in [0.717, 1.165) is 27.1 Å². The Balaban J connectivity index is 0.000000198. The molecule has 0 radical (unpaired) electrons. The van der Waals surface area contributed by atoms with Crippen LogP contribution in [0.2, 0.25) is 0 Å². The number of hydrogen-bond acceptors (Lipinski definition) is 8. The highest BCUT2D eigenvalue weighted by Crippen LogP contribution is 2.41. The number of esters is 1. The molecule has 0 saturated carbocycles. The lowest BCUT2D eigenvalue weighted by molar-refractivity contribution is -0.146. The molecule has 4 amide bonds. The molecule has 2 fully saturated rings. The van der Waals surface area contributed by atoms with Crippen molar-refractivity contribution in [2.75, 3.05) is 22.5 Å². The van der Waals surface area contributed by atoms with Crippen LogP contribution < -0.4 is 10.6 Å². The van der Waals surface area contributed by atoms with E-state index in [1.54, 1.807) is 28.4 Å². The Morgan fingerprint density at radius 3 is 1.71 bits per heavy atom. The Kier molecular flexibility index (Phi) is 9.18. The molecule has 2 N–H and O–H groups in total. The van der Waals surface area contributed by atoms with Crippen LogP contribution in [-0.2, 0) is 28.7 Å². The summed E-state index contributed by atoms with van der Waals surface area (Å²) in [7, 11) is 0. The molecule has 4 atom stereocenters. The zero-order chi connectivity index (χ0) is 26.0. The van der Waals surface area contributed by atoms with Crippen LogP contribution in [0.15, 0.2) is 22.5 Å². The molecule has 0 aliphatic carbocycles. The van der Waals surface area contributed by atoms with E-state index in [4.69, 9.17) is 4.74 Å². The van der Waals surface area contributed by atoms with Crippen molar-refractivity contribution in [3.05, 3.63) is 22.5 Å². The number of thioether (sulfide) groups is 2.